The molecule has 38 heavy (non-hydrogen) atoms. The van der Waals surface area contributed by atoms with Gasteiger partial charge < -0.3 is 15.4 Å². The topological polar surface area (TPSA) is 80.5 Å². The summed E-state index contributed by atoms with van der Waals surface area (Å²) in [5, 5.41) is 11.6. The number of aromatic nitrogens is 3. The Morgan fingerprint density at radius 2 is 1.76 bits per heavy atom. The van der Waals surface area contributed by atoms with Crippen LogP contribution in [-0.4, -0.2) is 40.9 Å². The first-order valence-corrected chi connectivity index (χ1v) is 13.0. The van der Waals surface area contributed by atoms with Crippen LogP contribution in [0.5, 0.6) is 11.5 Å². The summed E-state index contributed by atoms with van der Waals surface area (Å²) in [6.45, 7) is 3.21. The number of carbonyl (C=O) groups excluding carboxylic acids is 1. The number of nitrogens with one attached hydrogen (secondary N) is 2. The van der Waals surface area contributed by atoms with Gasteiger partial charge in [0, 0.05) is 35.9 Å². The van der Waals surface area contributed by atoms with Gasteiger partial charge in [-0.25, -0.2) is 4.98 Å². The minimum Gasteiger partial charge on any atom is -0.457 e. The lowest BCUT2D eigenvalue weighted by Crippen LogP contribution is -2.26. The maximum absolute atomic E-state index is 12.9. The molecule has 0 aliphatic carbocycles. The molecule has 2 aromatic heterocycles. The fraction of sp³-hybridized carbons (Fsp3) is 0.138. The van der Waals surface area contributed by atoms with Crippen molar-refractivity contribution in [3.63, 3.8) is 0 Å². The summed E-state index contributed by atoms with van der Waals surface area (Å²) >= 11 is 6.46. The van der Waals surface area contributed by atoms with Crippen LogP contribution in [0.25, 0.3) is 16.9 Å². The Labute approximate surface area is 227 Å². The summed E-state index contributed by atoms with van der Waals surface area (Å²) in [4.78, 5) is 17.7. The van der Waals surface area contributed by atoms with E-state index in [-0.39, 0.29) is 5.91 Å². The van der Waals surface area contributed by atoms with E-state index in [2.05, 4.69) is 22.6 Å². The molecule has 0 saturated heterocycles. The van der Waals surface area contributed by atoms with Gasteiger partial charge in [-0.1, -0.05) is 67.0 Å². The van der Waals surface area contributed by atoms with Gasteiger partial charge in [-0.15, -0.1) is 0 Å². The van der Waals surface area contributed by atoms with Crippen LogP contribution >= 0.6 is 11.6 Å². The molecule has 3 aromatic carbocycles. The van der Waals surface area contributed by atoms with Crippen LogP contribution < -0.4 is 20.8 Å². The van der Waals surface area contributed by atoms with Crippen molar-refractivity contribution in [3.8, 4) is 22.8 Å². The zero-order valence-corrected chi connectivity index (χ0v) is 21.8. The maximum Gasteiger partial charge on any atom is 0.255 e. The smallest absolute Gasteiger partial charge is 0.255 e. The number of fused-ring (bicyclic) bond motifs is 1. The van der Waals surface area contributed by atoms with E-state index < -0.39 is 0 Å². The zero-order chi connectivity index (χ0) is 26.3. The molecule has 0 aliphatic rings. The van der Waals surface area contributed by atoms with Gasteiger partial charge in [-0.05, 0) is 42.2 Å². The van der Waals surface area contributed by atoms with E-state index >= 15 is 0 Å². The monoisotopic (exact) mass is 523 g/mol. The molecule has 9 heteroatoms. The normalized spacial score (nSPS) is 10.8. The lowest BCUT2D eigenvalue weighted by Gasteiger charge is -2.13. The van der Waals surface area contributed by atoms with Crippen LogP contribution in [0, 0.1) is 0 Å². The fourth-order valence-electron chi connectivity index (χ4n) is 4.15. The number of nitrogens with zero attached hydrogens (tertiary/aromatic N) is 3. The number of ether oxygens (including phenoxy) is 1. The summed E-state index contributed by atoms with van der Waals surface area (Å²) in [7, 11) is 0.823. The van der Waals surface area contributed by atoms with Crippen LogP contribution in [0.4, 0.5) is 5.82 Å². The molecule has 0 aliphatic heterocycles. The van der Waals surface area contributed by atoms with Gasteiger partial charge >= 0.3 is 0 Å². The van der Waals surface area contributed by atoms with Crippen molar-refractivity contribution < 1.29 is 9.53 Å². The minimum absolute atomic E-state index is 0.177. The number of anilines is 1. The number of hydrogen-bond acceptors (Lipinski definition) is 5. The van der Waals surface area contributed by atoms with Crippen molar-refractivity contribution in [1.29, 1.82) is 0 Å². The Bertz CT molecular complexity index is 1560. The summed E-state index contributed by atoms with van der Waals surface area (Å²) in [6, 6.07) is 26.3. The highest BCUT2D eigenvalue weighted by Gasteiger charge is 2.15. The molecule has 5 rings (SSSR count). The predicted molar refractivity (Wildman–Crippen MR) is 154 cm³/mol. The number of benzene rings is 3. The Hall–Kier alpha value is -4.30. The van der Waals surface area contributed by atoms with Crippen LogP contribution in [-0.2, 0) is 0 Å². The van der Waals surface area contributed by atoms with Crippen molar-refractivity contribution in [2.24, 2.45) is 0 Å². The Kier molecular flexibility index (Phi) is 7.90. The Morgan fingerprint density at radius 1 is 1.00 bits per heavy atom. The molecule has 2 heterocycles. The molecule has 5 aromatic rings. The van der Waals surface area contributed by atoms with Gasteiger partial charge in [0.25, 0.3) is 5.91 Å². The first-order valence-electron chi connectivity index (χ1n) is 12.6. The highest BCUT2D eigenvalue weighted by atomic mass is 35.5. The van der Waals surface area contributed by atoms with Crippen LogP contribution in [0.1, 0.15) is 16.8 Å². The largest absolute Gasteiger partial charge is 0.457 e. The van der Waals surface area contributed by atoms with Gasteiger partial charge in [0.05, 0.1) is 11.3 Å². The van der Waals surface area contributed by atoms with Crippen molar-refractivity contribution in [2.75, 3.05) is 18.4 Å². The third-order valence-corrected chi connectivity index (χ3v) is 6.45. The van der Waals surface area contributed by atoms with E-state index in [1.807, 2.05) is 83.5 Å². The third-order valence-electron chi connectivity index (χ3n) is 6.12. The first kappa shape index (κ1) is 25.4. The molecule has 1 amide bonds. The number of hydrogen-bond donors (Lipinski definition) is 2. The zero-order valence-electron chi connectivity index (χ0n) is 21.0. The van der Waals surface area contributed by atoms with Crippen molar-refractivity contribution in [3.05, 3.63) is 102 Å². The third kappa shape index (κ3) is 5.65. The lowest BCUT2D eigenvalue weighted by molar-refractivity contribution is 0.0951. The molecule has 0 spiro atoms. The molecule has 0 atom stereocenters. The van der Waals surface area contributed by atoms with Crippen molar-refractivity contribution >= 4 is 41.7 Å². The fourth-order valence-corrected chi connectivity index (χ4v) is 4.38. The maximum atomic E-state index is 12.9. The van der Waals surface area contributed by atoms with E-state index in [1.165, 1.54) is 0 Å². The average molecular weight is 524 g/mol. The van der Waals surface area contributed by atoms with E-state index in [9.17, 15) is 4.79 Å². The highest BCUT2D eigenvalue weighted by molar-refractivity contribution is 6.54. The molecule has 190 valence electrons. The summed E-state index contributed by atoms with van der Waals surface area (Å²) in [6.07, 6.45) is 2.56. The Balaban J connectivity index is 1.24. The molecule has 0 saturated carbocycles. The van der Waals surface area contributed by atoms with Gasteiger partial charge in [-0.2, -0.15) is 9.61 Å². The van der Waals surface area contributed by atoms with Gasteiger partial charge in [-0.3, -0.25) is 4.79 Å². The molecule has 2 N–H and O–H groups in total. The van der Waals surface area contributed by atoms with Crippen molar-refractivity contribution in [1.82, 2.24) is 19.9 Å². The van der Waals surface area contributed by atoms with E-state index in [0.717, 1.165) is 35.5 Å². The van der Waals surface area contributed by atoms with Crippen LogP contribution in [0.3, 0.4) is 0 Å². The van der Waals surface area contributed by atoms with Crippen molar-refractivity contribution in [2.45, 2.75) is 13.2 Å². The van der Waals surface area contributed by atoms with Gasteiger partial charge in [0.1, 0.15) is 17.3 Å². The molecule has 0 unspecified atom stereocenters. The number of carbonyl (C=O) groups is 1. The van der Waals surface area contributed by atoms with E-state index in [1.54, 1.807) is 12.1 Å². The first-order chi connectivity index (χ1) is 18.6. The standard InChI is InChI=1S/C29H27BClN5O2/c1-30-23-19-34-36-27(18-25(35-28(23)36)21-12-5-7-14-24(21)31)32-16-9-17-33-29(37)22-13-6-8-15-26(22)38-20-10-3-2-4-11-20/h2-8,10-15,18-19,30,32H,9,16-17H2,1H3,(H,33,37). The molecule has 0 bridgehead atoms. The Morgan fingerprint density at radius 3 is 2.58 bits per heavy atom. The van der Waals surface area contributed by atoms with E-state index in [4.69, 9.17) is 21.3 Å². The molecule has 7 nitrogen and oxygen atoms in total. The second-order valence-corrected chi connectivity index (χ2v) is 9.12. The van der Waals surface area contributed by atoms with E-state index in [0.29, 0.717) is 41.6 Å². The summed E-state index contributed by atoms with van der Waals surface area (Å²) in [5.74, 6) is 1.84. The number of amides is 1. The highest BCUT2D eigenvalue weighted by Crippen LogP contribution is 2.28. The molecule has 0 fully saturated rings. The molecular weight excluding hydrogens is 497 g/mol. The summed E-state index contributed by atoms with van der Waals surface area (Å²) in [5.41, 5.74) is 4.00. The predicted octanol–water partition coefficient (Wildman–Crippen LogP) is 5.18. The molecular formula is C29H27BClN5O2. The number of rotatable bonds is 10. The van der Waals surface area contributed by atoms with Crippen LogP contribution in [0.2, 0.25) is 11.8 Å². The number of halogens is 1. The second-order valence-electron chi connectivity index (χ2n) is 8.71. The van der Waals surface area contributed by atoms with Gasteiger partial charge in [0.15, 0.2) is 12.9 Å². The van der Waals surface area contributed by atoms with Crippen LogP contribution in [0.15, 0.2) is 91.1 Å². The lowest BCUT2D eigenvalue weighted by atomic mass is 9.75. The molecule has 0 radical (unpaired) electrons. The minimum atomic E-state index is -0.177. The quantitative estimate of drug-likeness (QED) is 0.195. The van der Waals surface area contributed by atoms with Gasteiger partial charge in [0.2, 0.25) is 0 Å². The summed E-state index contributed by atoms with van der Waals surface area (Å²) < 4.78 is 7.74. The number of para-hydroxylation sites is 2. The average Bonchev–Trinajstić information content (AvgIpc) is 3.37. The SMILES string of the molecule is CBc1cnn2c(NCCCNC(=O)c3ccccc3Oc3ccccc3)cc(-c3ccccc3Cl)nc12. The second kappa shape index (κ2) is 11.8.